The molecule has 1 heterocycles. The molecule has 5 saturated carbocycles. The second kappa shape index (κ2) is 6.46. The van der Waals surface area contributed by atoms with Gasteiger partial charge in [0.1, 0.15) is 6.10 Å². The highest BCUT2D eigenvalue weighted by Gasteiger charge is 2.83. The van der Waals surface area contributed by atoms with Crippen molar-refractivity contribution >= 4 is 5.97 Å². The number of fused-ring (bicyclic) bond motifs is 2. The monoisotopic (exact) mass is 433 g/mol. The summed E-state index contributed by atoms with van der Waals surface area (Å²) in [5.74, 6) is 0.979. The van der Waals surface area contributed by atoms with Gasteiger partial charge in [-0.05, 0) is 49.5 Å². The molecule has 1 spiro atoms. The minimum Gasteiger partial charge on any atom is -0.462 e. The van der Waals surface area contributed by atoms with E-state index in [1.165, 1.54) is 13.3 Å². The molecule has 1 N–H and O–H groups in total. The van der Waals surface area contributed by atoms with Crippen LogP contribution in [0.2, 0.25) is 0 Å². The lowest BCUT2D eigenvalue weighted by Gasteiger charge is -2.69. The van der Waals surface area contributed by atoms with E-state index < -0.39 is 5.60 Å². The summed E-state index contributed by atoms with van der Waals surface area (Å²) >= 11 is 0. The molecule has 174 valence electrons. The van der Waals surface area contributed by atoms with Crippen LogP contribution < -0.4 is 0 Å². The lowest BCUT2D eigenvalue weighted by atomic mass is 9.43. The molecule has 0 aromatic carbocycles. The molecule has 0 aromatic rings. The Balaban J connectivity index is 1.57. The standard InChI is InChI=1S/C25H39NO5/c1-6-26-12-23(3)8-7-19(30-5)25-15-9-14-17(29-4)11-24(28,16(22(25)26)10-18(23)25)20(15)21(14)31-13(2)27/h14-22,28H,6-12H2,1-5H3/t14-,15-,16+,17+,18-,19?,20-,21+,22-,23+,24+,25?/m1/s1. The van der Waals surface area contributed by atoms with Gasteiger partial charge < -0.3 is 19.3 Å². The van der Waals surface area contributed by atoms with Crippen LogP contribution in [0.3, 0.4) is 0 Å². The van der Waals surface area contributed by atoms with Gasteiger partial charge in [-0.15, -0.1) is 0 Å². The Morgan fingerprint density at radius 3 is 2.61 bits per heavy atom. The van der Waals surface area contributed by atoms with Crippen LogP contribution in [0.25, 0.3) is 0 Å². The van der Waals surface area contributed by atoms with Gasteiger partial charge in [0.05, 0.1) is 17.8 Å². The summed E-state index contributed by atoms with van der Waals surface area (Å²) in [6.45, 7) is 8.43. The number of esters is 1. The quantitative estimate of drug-likeness (QED) is 0.687. The number of aliphatic hydroxyl groups is 1. The Labute approximate surface area is 186 Å². The number of rotatable bonds is 4. The minimum atomic E-state index is -0.845. The number of nitrogens with zero attached hydrogens (tertiary/aromatic N) is 1. The van der Waals surface area contributed by atoms with E-state index in [-0.39, 0.29) is 52.9 Å². The van der Waals surface area contributed by atoms with Gasteiger partial charge in [0.25, 0.3) is 0 Å². The van der Waals surface area contributed by atoms with Crippen molar-refractivity contribution in [2.45, 2.75) is 82.8 Å². The molecule has 0 radical (unpaired) electrons. The minimum absolute atomic E-state index is 0.00384. The second-order valence-electron chi connectivity index (χ2n) is 11.9. The number of carbonyl (C=O) groups excluding carboxylic acids is 1. The summed E-state index contributed by atoms with van der Waals surface area (Å²) in [4.78, 5) is 14.8. The largest absolute Gasteiger partial charge is 0.462 e. The fourth-order valence-corrected chi connectivity index (χ4v) is 10.7. The first-order valence-electron chi connectivity index (χ1n) is 12.5. The summed E-state index contributed by atoms with van der Waals surface area (Å²) in [6.07, 6.45) is 4.91. The van der Waals surface area contributed by atoms with Crippen LogP contribution in [0.1, 0.15) is 52.9 Å². The molecule has 2 unspecified atom stereocenters. The Bertz CT molecular complexity index is 790. The van der Waals surface area contributed by atoms with Crippen LogP contribution in [-0.4, -0.2) is 73.2 Å². The molecule has 0 aromatic heterocycles. The summed E-state index contributed by atoms with van der Waals surface area (Å²) in [5.41, 5.74) is -0.545. The summed E-state index contributed by atoms with van der Waals surface area (Å²) in [6, 6.07) is 0.347. The first-order valence-corrected chi connectivity index (χ1v) is 12.5. The molecule has 0 amide bonds. The van der Waals surface area contributed by atoms with E-state index in [0.717, 1.165) is 32.4 Å². The summed E-state index contributed by atoms with van der Waals surface area (Å²) < 4.78 is 18.3. The smallest absolute Gasteiger partial charge is 0.302 e. The van der Waals surface area contributed by atoms with E-state index in [9.17, 15) is 9.90 Å². The zero-order valence-electron chi connectivity index (χ0n) is 19.7. The molecule has 1 saturated heterocycles. The van der Waals surface area contributed by atoms with Crippen LogP contribution in [0, 0.1) is 40.4 Å². The van der Waals surface area contributed by atoms with E-state index in [0.29, 0.717) is 24.3 Å². The summed E-state index contributed by atoms with van der Waals surface area (Å²) in [7, 11) is 3.65. The zero-order valence-corrected chi connectivity index (χ0v) is 19.7. The van der Waals surface area contributed by atoms with Gasteiger partial charge in [-0.1, -0.05) is 13.8 Å². The van der Waals surface area contributed by atoms with E-state index in [2.05, 4.69) is 18.7 Å². The van der Waals surface area contributed by atoms with Gasteiger partial charge in [0, 0.05) is 63.3 Å². The number of hydrogen-bond acceptors (Lipinski definition) is 6. The second-order valence-corrected chi connectivity index (χ2v) is 11.9. The number of piperidine rings is 1. The van der Waals surface area contributed by atoms with E-state index in [1.54, 1.807) is 7.11 Å². The van der Waals surface area contributed by atoms with Gasteiger partial charge in [-0.2, -0.15) is 0 Å². The lowest BCUT2D eigenvalue weighted by molar-refractivity contribution is -0.271. The molecule has 6 aliphatic rings. The molecular formula is C25H39NO5. The van der Waals surface area contributed by atoms with Gasteiger partial charge in [0.2, 0.25) is 0 Å². The molecule has 1 aliphatic heterocycles. The number of likely N-dealkylation sites (tertiary alicyclic amines) is 1. The van der Waals surface area contributed by atoms with Crippen molar-refractivity contribution in [2.24, 2.45) is 40.4 Å². The van der Waals surface area contributed by atoms with Crippen molar-refractivity contribution in [3.05, 3.63) is 0 Å². The molecule has 6 heteroatoms. The maximum atomic E-state index is 12.5. The topological polar surface area (TPSA) is 68.2 Å². The fourth-order valence-electron chi connectivity index (χ4n) is 10.7. The molecular weight excluding hydrogens is 394 g/mol. The predicted octanol–water partition coefficient (Wildman–Crippen LogP) is 2.48. The van der Waals surface area contributed by atoms with Crippen molar-refractivity contribution in [2.75, 3.05) is 27.3 Å². The molecule has 7 bridgehead atoms. The highest BCUT2D eigenvalue weighted by molar-refractivity contribution is 5.66. The normalized spacial score (nSPS) is 59.0. The molecule has 6 nitrogen and oxygen atoms in total. The third-order valence-electron chi connectivity index (χ3n) is 11.2. The average molecular weight is 434 g/mol. The highest BCUT2D eigenvalue weighted by Crippen LogP contribution is 2.79. The van der Waals surface area contributed by atoms with Gasteiger partial charge in [-0.25, -0.2) is 0 Å². The van der Waals surface area contributed by atoms with Gasteiger partial charge in [0.15, 0.2) is 0 Å². The maximum absolute atomic E-state index is 12.5. The average Bonchev–Trinajstić information content (AvgIpc) is 3.17. The van der Waals surface area contributed by atoms with Crippen molar-refractivity contribution in [3.63, 3.8) is 0 Å². The Kier molecular flexibility index (Phi) is 4.35. The van der Waals surface area contributed by atoms with Crippen LogP contribution >= 0.6 is 0 Å². The Hall–Kier alpha value is -0.690. The molecule has 6 rings (SSSR count). The molecule has 6 fully saturated rings. The molecule has 12 atom stereocenters. The van der Waals surface area contributed by atoms with Crippen LogP contribution in [0.5, 0.6) is 0 Å². The summed E-state index contributed by atoms with van der Waals surface area (Å²) in [5, 5.41) is 12.5. The SMILES string of the molecule is CCN1C[C@]2(C)CCC(OC)C34[C@@H]5C[C@H]6[C@H](OC(C)=O)[C@@H]5[C@](O)(C[C@@H]6OC)[C@@H](C[C@@H]32)[C@@H]14. The first-order chi connectivity index (χ1) is 14.8. The van der Waals surface area contributed by atoms with Crippen molar-refractivity contribution in [1.82, 2.24) is 4.90 Å². The maximum Gasteiger partial charge on any atom is 0.302 e. The molecule has 5 aliphatic carbocycles. The van der Waals surface area contributed by atoms with Crippen LogP contribution in [-0.2, 0) is 19.0 Å². The number of methoxy groups -OCH3 is 2. The lowest BCUT2D eigenvalue weighted by Crippen LogP contribution is -2.75. The van der Waals surface area contributed by atoms with Gasteiger partial charge >= 0.3 is 5.97 Å². The number of carbonyl (C=O) groups is 1. The predicted molar refractivity (Wildman–Crippen MR) is 114 cm³/mol. The zero-order chi connectivity index (χ0) is 21.9. The Morgan fingerprint density at radius 2 is 1.97 bits per heavy atom. The van der Waals surface area contributed by atoms with Crippen molar-refractivity contribution < 1.29 is 24.1 Å². The van der Waals surface area contributed by atoms with Gasteiger partial charge in [-0.3, -0.25) is 9.69 Å². The highest BCUT2D eigenvalue weighted by atomic mass is 16.5. The van der Waals surface area contributed by atoms with E-state index in [1.807, 2.05) is 7.11 Å². The van der Waals surface area contributed by atoms with E-state index >= 15 is 0 Å². The van der Waals surface area contributed by atoms with Crippen molar-refractivity contribution in [3.8, 4) is 0 Å². The van der Waals surface area contributed by atoms with Crippen LogP contribution in [0.15, 0.2) is 0 Å². The third-order valence-corrected chi connectivity index (χ3v) is 11.2. The van der Waals surface area contributed by atoms with Crippen LogP contribution in [0.4, 0.5) is 0 Å². The third kappa shape index (κ3) is 2.22. The number of hydrogen-bond donors (Lipinski definition) is 1. The first kappa shape index (κ1) is 20.9. The Morgan fingerprint density at radius 1 is 1.19 bits per heavy atom. The van der Waals surface area contributed by atoms with Crippen molar-refractivity contribution in [1.29, 1.82) is 0 Å². The number of ether oxygens (including phenoxy) is 3. The fraction of sp³-hybridized carbons (Fsp3) is 0.960. The molecule has 31 heavy (non-hydrogen) atoms. The van der Waals surface area contributed by atoms with E-state index in [4.69, 9.17) is 14.2 Å².